The summed E-state index contributed by atoms with van der Waals surface area (Å²) in [6.07, 6.45) is 0. The molecule has 3 aromatic heterocycles. The minimum Gasteiger partial charge on any atom is -0.177 e. The number of tetrazole rings is 1. The van der Waals surface area contributed by atoms with Gasteiger partial charge in [-0.15, -0.1) is 10.2 Å². The third kappa shape index (κ3) is 7.14. The highest BCUT2D eigenvalue weighted by atomic mass is 16.7. The molecule has 0 aliphatic rings. The van der Waals surface area contributed by atoms with E-state index in [0.717, 1.165) is 5.82 Å². The molecule has 0 saturated heterocycles. The first-order chi connectivity index (χ1) is 12.2. The molecule has 0 aromatic carbocycles. The molecule has 0 radical (unpaired) electrons. The van der Waals surface area contributed by atoms with Crippen molar-refractivity contribution in [3.63, 3.8) is 0 Å². The molecular formula is C12H24N10O4+2. The zero-order valence-corrected chi connectivity index (χ0v) is 15.5. The number of hydrogen-bond acceptors (Lipinski definition) is 9. The lowest BCUT2D eigenvalue weighted by atomic mass is 10.2. The van der Waals surface area contributed by atoms with Crippen LogP contribution in [0.1, 0.15) is 76.8 Å². The molecular weight excluding hydrogens is 348 g/mol. The van der Waals surface area contributed by atoms with Gasteiger partial charge in [-0.05, 0) is 0 Å². The van der Waals surface area contributed by atoms with Crippen LogP contribution in [0.4, 0.5) is 0 Å². The van der Waals surface area contributed by atoms with Crippen LogP contribution < -0.4 is 9.43 Å². The average Bonchev–Trinajstić information content (AvgIpc) is 3.28. The van der Waals surface area contributed by atoms with Crippen LogP contribution in [0.15, 0.2) is 9.26 Å². The SMILES string of the molecule is CC(C)c1n[n+](=O)o[nH]1.CC(C)c1n[n+](=O)o[nH]1.CC(C)c1nn[nH]n1. The zero-order valence-electron chi connectivity index (χ0n) is 15.5. The van der Waals surface area contributed by atoms with Crippen LogP contribution in [0.3, 0.4) is 0 Å². The number of hydrogen-bond donors (Lipinski definition) is 3. The van der Waals surface area contributed by atoms with Crippen molar-refractivity contribution in [2.24, 2.45) is 0 Å². The Morgan fingerprint density at radius 1 is 0.808 bits per heavy atom. The van der Waals surface area contributed by atoms with E-state index in [4.69, 9.17) is 0 Å². The van der Waals surface area contributed by atoms with Crippen molar-refractivity contribution in [2.45, 2.75) is 59.3 Å². The summed E-state index contributed by atoms with van der Waals surface area (Å²) in [6.45, 7) is 11.7. The molecule has 14 heteroatoms. The minimum atomic E-state index is 0.148. The standard InChI is InChI=1S/C4H8N4.2C4H8N3O2/c1-3(2)4-5-7-8-6-4;2*1-3(2)4-5-7(8)9-6-4/h3H,1-2H3,(H,5,6,7,8);2*3H,1-2H3,(H,5,6,8)/q;2*+1. The molecule has 3 heterocycles. The summed E-state index contributed by atoms with van der Waals surface area (Å²) in [6, 6.07) is 0. The van der Waals surface area contributed by atoms with Crippen LogP contribution in [-0.4, -0.2) is 41.1 Å². The van der Waals surface area contributed by atoms with Crippen molar-refractivity contribution >= 4 is 0 Å². The summed E-state index contributed by atoms with van der Waals surface area (Å²) in [5.41, 5.74) is 0. The lowest BCUT2D eigenvalue weighted by Gasteiger charge is -1.90. The maximum atomic E-state index is 10.2. The quantitative estimate of drug-likeness (QED) is 0.585. The predicted molar refractivity (Wildman–Crippen MR) is 84.9 cm³/mol. The monoisotopic (exact) mass is 372 g/mol. The Morgan fingerprint density at radius 2 is 1.27 bits per heavy atom. The minimum absolute atomic E-state index is 0.148. The van der Waals surface area contributed by atoms with Gasteiger partial charge >= 0.3 is 0 Å². The Hall–Kier alpha value is -3.19. The van der Waals surface area contributed by atoms with E-state index in [1.54, 1.807) is 0 Å². The van der Waals surface area contributed by atoms with Gasteiger partial charge in [-0.3, -0.25) is 0 Å². The molecule has 0 fully saturated rings. The van der Waals surface area contributed by atoms with E-state index in [0.29, 0.717) is 17.6 Å². The Balaban J connectivity index is 0.000000195. The Bertz CT molecular complexity index is 789. The molecule has 26 heavy (non-hydrogen) atoms. The van der Waals surface area contributed by atoms with Crippen molar-refractivity contribution < 1.29 is 18.7 Å². The second-order valence-corrected chi connectivity index (χ2v) is 6.07. The van der Waals surface area contributed by atoms with E-state index in [1.165, 1.54) is 0 Å². The Kier molecular flexibility index (Phi) is 7.98. The molecule has 0 saturated carbocycles. The van der Waals surface area contributed by atoms with Crippen molar-refractivity contribution in [2.75, 3.05) is 0 Å². The van der Waals surface area contributed by atoms with Gasteiger partial charge in [-0.25, -0.2) is 0 Å². The maximum absolute atomic E-state index is 10.2. The van der Waals surface area contributed by atoms with Gasteiger partial charge in [-0.1, -0.05) is 66.3 Å². The number of nitrogens with zero attached hydrogens (tertiary/aromatic N) is 7. The van der Waals surface area contributed by atoms with E-state index in [9.17, 15) is 9.81 Å². The predicted octanol–water partition coefficient (Wildman–Crippen LogP) is 0.404. The van der Waals surface area contributed by atoms with E-state index in [2.05, 4.69) is 50.4 Å². The summed E-state index contributed by atoms with van der Waals surface area (Å²) in [4.78, 5) is 20.4. The van der Waals surface area contributed by atoms with Crippen LogP contribution in [0.5, 0.6) is 0 Å². The van der Waals surface area contributed by atoms with Crippen LogP contribution in [0.2, 0.25) is 0 Å². The normalized spacial score (nSPS) is 10.5. The molecule has 0 aliphatic carbocycles. The van der Waals surface area contributed by atoms with E-state index in [1.807, 2.05) is 41.5 Å². The second kappa shape index (κ2) is 9.95. The first kappa shape index (κ1) is 20.9. The van der Waals surface area contributed by atoms with Gasteiger partial charge < -0.3 is 0 Å². The molecule has 0 unspecified atom stereocenters. The highest BCUT2D eigenvalue weighted by Gasteiger charge is 2.11. The first-order valence-corrected chi connectivity index (χ1v) is 7.91. The zero-order chi connectivity index (χ0) is 19.7. The lowest BCUT2D eigenvalue weighted by molar-refractivity contribution is -0.761. The fraction of sp³-hybridized carbons (Fsp3) is 0.750. The molecule has 0 atom stereocenters. The van der Waals surface area contributed by atoms with Gasteiger partial charge in [0.2, 0.25) is 0 Å². The summed E-state index contributed by atoms with van der Waals surface area (Å²) in [5, 5.41) is 25.0. The number of rotatable bonds is 3. The van der Waals surface area contributed by atoms with Gasteiger partial charge in [-0.2, -0.15) is 5.21 Å². The number of aromatic amines is 3. The maximum Gasteiger partial charge on any atom is 0.295 e. The number of aromatic nitrogens is 10. The topological polar surface area (TPSA) is 184 Å². The van der Waals surface area contributed by atoms with Crippen molar-refractivity contribution in [1.29, 1.82) is 0 Å². The fourth-order valence-corrected chi connectivity index (χ4v) is 1.31. The molecule has 0 aliphatic heterocycles. The largest absolute Gasteiger partial charge is 0.295 e. The Labute approximate surface area is 147 Å². The van der Waals surface area contributed by atoms with Gasteiger partial charge in [0.05, 0.1) is 0 Å². The summed E-state index contributed by atoms with van der Waals surface area (Å²) in [5.74, 6) is 2.65. The molecule has 0 spiro atoms. The highest BCUT2D eigenvalue weighted by Crippen LogP contribution is 2.04. The molecule has 3 aromatic rings. The Morgan fingerprint density at radius 3 is 1.42 bits per heavy atom. The van der Waals surface area contributed by atoms with E-state index < -0.39 is 0 Å². The van der Waals surface area contributed by atoms with Crippen LogP contribution in [0, 0.1) is 9.81 Å². The van der Waals surface area contributed by atoms with E-state index in [-0.39, 0.29) is 21.3 Å². The van der Waals surface area contributed by atoms with Gasteiger partial charge in [0.25, 0.3) is 21.1 Å². The van der Waals surface area contributed by atoms with Crippen molar-refractivity contribution in [3.05, 3.63) is 27.3 Å². The molecule has 3 rings (SSSR count). The third-order valence-electron chi connectivity index (χ3n) is 2.81. The molecule has 144 valence electrons. The number of H-pyrrole nitrogens is 3. The first-order valence-electron chi connectivity index (χ1n) is 7.91. The third-order valence-corrected chi connectivity index (χ3v) is 2.81. The lowest BCUT2D eigenvalue weighted by Crippen LogP contribution is -2.13. The average molecular weight is 372 g/mol. The van der Waals surface area contributed by atoms with Crippen molar-refractivity contribution in [1.82, 2.24) is 41.1 Å². The fourth-order valence-electron chi connectivity index (χ4n) is 1.31. The van der Waals surface area contributed by atoms with Gasteiger partial charge in [0.15, 0.2) is 5.82 Å². The molecule has 0 bridgehead atoms. The van der Waals surface area contributed by atoms with Crippen LogP contribution in [-0.2, 0) is 0 Å². The van der Waals surface area contributed by atoms with Crippen molar-refractivity contribution in [3.8, 4) is 0 Å². The molecule has 0 amide bonds. The highest BCUT2D eigenvalue weighted by molar-refractivity contribution is 4.83. The van der Waals surface area contributed by atoms with Crippen LogP contribution in [0.25, 0.3) is 0 Å². The summed E-state index contributed by atoms with van der Waals surface area (Å²) in [7, 11) is 0. The second-order valence-electron chi connectivity index (χ2n) is 6.07. The van der Waals surface area contributed by atoms with Gasteiger partial charge in [0, 0.05) is 37.8 Å². The van der Waals surface area contributed by atoms with E-state index >= 15 is 0 Å². The molecule has 3 N–H and O–H groups in total. The smallest absolute Gasteiger partial charge is 0.177 e. The van der Waals surface area contributed by atoms with Crippen LogP contribution >= 0.6 is 0 Å². The van der Waals surface area contributed by atoms with Gasteiger partial charge in [0.1, 0.15) is 0 Å². The molecule has 14 nitrogen and oxygen atoms in total. The summed E-state index contributed by atoms with van der Waals surface area (Å²) >= 11 is 0. The summed E-state index contributed by atoms with van der Waals surface area (Å²) < 4.78 is 8.80. The number of nitrogens with one attached hydrogen (secondary N) is 3.